The minimum absolute atomic E-state index is 0.0728. The number of nitrogens with zero attached hydrogens (tertiary/aromatic N) is 2. The number of benzene rings is 2. The maximum atomic E-state index is 11.2. The summed E-state index contributed by atoms with van der Waals surface area (Å²) in [6, 6.07) is 15.7. The molecule has 3 rings (SSSR count). The summed E-state index contributed by atoms with van der Waals surface area (Å²) in [5.74, 6) is 0.743. The molecule has 1 heterocycles. The van der Waals surface area contributed by atoms with Gasteiger partial charge in [-0.25, -0.2) is 4.98 Å². The molecule has 22 heavy (non-hydrogen) atoms. The first kappa shape index (κ1) is 14.6. The SMILES string of the molecule is CC(=O)NCc1nc2ccccc2n1Cc1ccccc1Cl. The van der Waals surface area contributed by atoms with Gasteiger partial charge >= 0.3 is 0 Å². The third-order valence-corrected chi connectivity index (χ3v) is 3.88. The van der Waals surface area contributed by atoms with Crippen LogP contribution in [0.25, 0.3) is 11.0 Å². The average molecular weight is 314 g/mol. The van der Waals surface area contributed by atoms with Gasteiger partial charge in [0.2, 0.25) is 5.91 Å². The smallest absolute Gasteiger partial charge is 0.217 e. The van der Waals surface area contributed by atoms with E-state index in [4.69, 9.17) is 11.6 Å². The summed E-state index contributed by atoms with van der Waals surface area (Å²) < 4.78 is 2.09. The maximum Gasteiger partial charge on any atom is 0.217 e. The van der Waals surface area contributed by atoms with Crippen molar-refractivity contribution in [3.63, 3.8) is 0 Å². The van der Waals surface area contributed by atoms with Crippen LogP contribution in [-0.2, 0) is 17.9 Å². The van der Waals surface area contributed by atoms with Crippen LogP contribution in [0, 0.1) is 0 Å². The highest BCUT2D eigenvalue weighted by Crippen LogP contribution is 2.21. The second kappa shape index (κ2) is 6.20. The van der Waals surface area contributed by atoms with Crippen LogP contribution in [0.15, 0.2) is 48.5 Å². The van der Waals surface area contributed by atoms with Crippen LogP contribution in [0.4, 0.5) is 0 Å². The van der Waals surface area contributed by atoms with Gasteiger partial charge in [-0.15, -0.1) is 0 Å². The number of aromatic nitrogens is 2. The van der Waals surface area contributed by atoms with Crippen LogP contribution in [0.1, 0.15) is 18.3 Å². The third-order valence-electron chi connectivity index (χ3n) is 3.52. The fourth-order valence-electron chi connectivity index (χ4n) is 2.44. The zero-order chi connectivity index (χ0) is 15.5. The van der Waals surface area contributed by atoms with E-state index in [2.05, 4.69) is 14.9 Å². The molecule has 2 aromatic carbocycles. The number of hydrogen-bond acceptors (Lipinski definition) is 2. The van der Waals surface area contributed by atoms with Crippen molar-refractivity contribution in [2.75, 3.05) is 0 Å². The van der Waals surface area contributed by atoms with Crippen LogP contribution in [0.2, 0.25) is 5.02 Å². The number of carbonyl (C=O) groups excluding carboxylic acids is 1. The van der Waals surface area contributed by atoms with Gasteiger partial charge in [0.15, 0.2) is 0 Å². The zero-order valence-corrected chi connectivity index (χ0v) is 13.0. The number of rotatable bonds is 4. The van der Waals surface area contributed by atoms with E-state index in [1.165, 1.54) is 6.92 Å². The second-order valence-electron chi connectivity index (χ2n) is 5.10. The number of hydrogen-bond donors (Lipinski definition) is 1. The minimum Gasteiger partial charge on any atom is -0.349 e. The normalized spacial score (nSPS) is 10.8. The quantitative estimate of drug-likeness (QED) is 0.802. The number of fused-ring (bicyclic) bond motifs is 1. The lowest BCUT2D eigenvalue weighted by molar-refractivity contribution is -0.119. The molecule has 0 saturated heterocycles. The fourth-order valence-corrected chi connectivity index (χ4v) is 2.63. The van der Waals surface area contributed by atoms with Crippen LogP contribution >= 0.6 is 11.6 Å². The predicted molar refractivity (Wildman–Crippen MR) is 87.8 cm³/mol. The van der Waals surface area contributed by atoms with Crippen LogP contribution in [0.5, 0.6) is 0 Å². The number of amides is 1. The molecule has 4 nitrogen and oxygen atoms in total. The molecule has 0 saturated carbocycles. The lowest BCUT2D eigenvalue weighted by Gasteiger charge is -2.11. The van der Waals surface area contributed by atoms with E-state index < -0.39 is 0 Å². The van der Waals surface area contributed by atoms with Crippen molar-refractivity contribution in [1.29, 1.82) is 0 Å². The summed E-state index contributed by atoms with van der Waals surface area (Å²) in [6.07, 6.45) is 0. The largest absolute Gasteiger partial charge is 0.349 e. The standard InChI is InChI=1S/C17H16ClN3O/c1-12(22)19-10-17-20-15-8-4-5-9-16(15)21(17)11-13-6-2-3-7-14(13)18/h2-9H,10-11H2,1H3,(H,19,22). The lowest BCUT2D eigenvalue weighted by Crippen LogP contribution is -2.22. The van der Waals surface area contributed by atoms with E-state index in [1.807, 2.05) is 48.5 Å². The van der Waals surface area contributed by atoms with Crippen LogP contribution in [0.3, 0.4) is 0 Å². The van der Waals surface area contributed by atoms with Crippen molar-refractivity contribution in [2.45, 2.75) is 20.0 Å². The maximum absolute atomic E-state index is 11.2. The molecular weight excluding hydrogens is 298 g/mol. The van der Waals surface area contributed by atoms with Gasteiger partial charge in [0.05, 0.1) is 24.1 Å². The number of carbonyl (C=O) groups is 1. The van der Waals surface area contributed by atoms with Gasteiger partial charge < -0.3 is 9.88 Å². The van der Waals surface area contributed by atoms with Crippen molar-refractivity contribution < 1.29 is 4.79 Å². The Morgan fingerprint density at radius 3 is 2.68 bits per heavy atom. The molecular formula is C17H16ClN3O. The summed E-state index contributed by atoms with van der Waals surface area (Å²) in [6.45, 7) is 2.52. The molecule has 0 fully saturated rings. The molecule has 1 N–H and O–H groups in total. The van der Waals surface area contributed by atoms with Crippen LogP contribution < -0.4 is 5.32 Å². The molecule has 3 aromatic rings. The fraction of sp³-hybridized carbons (Fsp3) is 0.176. The monoisotopic (exact) mass is 313 g/mol. The molecule has 0 spiro atoms. The summed E-state index contributed by atoms with van der Waals surface area (Å²) in [4.78, 5) is 15.8. The molecule has 0 bridgehead atoms. The van der Waals surface area contributed by atoms with Gasteiger partial charge in [-0.2, -0.15) is 0 Å². The van der Waals surface area contributed by atoms with E-state index in [-0.39, 0.29) is 5.91 Å². The second-order valence-corrected chi connectivity index (χ2v) is 5.51. The Morgan fingerprint density at radius 1 is 1.18 bits per heavy atom. The molecule has 5 heteroatoms. The van der Waals surface area contributed by atoms with Crippen molar-refractivity contribution in [1.82, 2.24) is 14.9 Å². The van der Waals surface area contributed by atoms with Gasteiger partial charge in [0.1, 0.15) is 5.82 Å². The predicted octanol–water partition coefficient (Wildman–Crippen LogP) is 3.37. The van der Waals surface area contributed by atoms with Crippen LogP contribution in [-0.4, -0.2) is 15.5 Å². The van der Waals surface area contributed by atoms with Gasteiger partial charge in [0.25, 0.3) is 0 Å². The molecule has 0 aliphatic carbocycles. The molecule has 0 radical (unpaired) electrons. The Labute approximate surface area is 133 Å². The first-order valence-electron chi connectivity index (χ1n) is 7.07. The Hall–Kier alpha value is -2.33. The molecule has 0 aliphatic rings. The minimum atomic E-state index is -0.0728. The Balaban J connectivity index is 2.03. The van der Waals surface area contributed by atoms with E-state index in [1.54, 1.807) is 0 Å². The summed E-state index contributed by atoms with van der Waals surface area (Å²) in [7, 11) is 0. The number of nitrogens with one attached hydrogen (secondary N) is 1. The van der Waals surface area contributed by atoms with E-state index in [0.717, 1.165) is 27.4 Å². The number of halogens is 1. The van der Waals surface area contributed by atoms with Gasteiger partial charge in [-0.05, 0) is 23.8 Å². The Morgan fingerprint density at radius 2 is 1.91 bits per heavy atom. The molecule has 0 atom stereocenters. The molecule has 112 valence electrons. The average Bonchev–Trinajstić information content (AvgIpc) is 2.85. The zero-order valence-electron chi connectivity index (χ0n) is 12.2. The number of para-hydroxylation sites is 2. The molecule has 1 amide bonds. The lowest BCUT2D eigenvalue weighted by atomic mass is 10.2. The summed E-state index contributed by atoms with van der Waals surface area (Å²) in [5, 5.41) is 3.54. The van der Waals surface area contributed by atoms with E-state index >= 15 is 0 Å². The number of imidazole rings is 1. The van der Waals surface area contributed by atoms with Gasteiger partial charge in [-0.3, -0.25) is 4.79 Å². The summed E-state index contributed by atoms with van der Waals surface area (Å²) in [5.41, 5.74) is 2.97. The molecule has 0 unspecified atom stereocenters. The first-order chi connectivity index (χ1) is 10.6. The van der Waals surface area contributed by atoms with Crippen molar-refractivity contribution in [3.05, 3.63) is 64.9 Å². The van der Waals surface area contributed by atoms with Gasteiger partial charge in [-0.1, -0.05) is 41.9 Å². The van der Waals surface area contributed by atoms with Crippen molar-refractivity contribution in [3.8, 4) is 0 Å². The molecule has 0 aliphatic heterocycles. The highest BCUT2D eigenvalue weighted by Gasteiger charge is 2.12. The summed E-state index contributed by atoms with van der Waals surface area (Å²) >= 11 is 6.27. The Bertz CT molecular complexity index is 826. The highest BCUT2D eigenvalue weighted by atomic mass is 35.5. The first-order valence-corrected chi connectivity index (χ1v) is 7.45. The van der Waals surface area contributed by atoms with Crippen molar-refractivity contribution in [2.24, 2.45) is 0 Å². The topological polar surface area (TPSA) is 46.9 Å². The Kier molecular flexibility index (Phi) is 4.11. The third kappa shape index (κ3) is 2.97. The van der Waals surface area contributed by atoms with Gasteiger partial charge in [0, 0.05) is 11.9 Å². The molecule has 1 aromatic heterocycles. The van der Waals surface area contributed by atoms with Crippen molar-refractivity contribution >= 4 is 28.5 Å². The highest BCUT2D eigenvalue weighted by molar-refractivity contribution is 6.31. The van der Waals surface area contributed by atoms with E-state index in [0.29, 0.717) is 13.1 Å². The van der Waals surface area contributed by atoms with E-state index in [9.17, 15) is 4.79 Å².